The average Bonchev–Trinajstić information content (AvgIpc) is 1.61. The molecule has 1 saturated heterocycles. The summed E-state index contributed by atoms with van der Waals surface area (Å²) < 4.78 is 111. The number of likely N-dealkylation sites (tertiary alicyclic amines) is 1. The van der Waals surface area contributed by atoms with Gasteiger partial charge in [0, 0.05) is 95.0 Å². The molecule has 0 spiro atoms. The molecule has 4 aromatic carbocycles. The average molecular weight is 1420 g/mol. The molecule has 30 heteroatoms. The van der Waals surface area contributed by atoms with E-state index in [0.29, 0.717) is 45.0 Å². The summed E-state index contributed by atoms with van der Waals surface area (Å²) in [6.07, 6.45) is 12.8. The maximum absolute atomic E-state index is 13.6. The van der Waals surface area contributed by atoms with Crippen LogP contribution >= 0.6 is 35.6 Å². The van der Waals surface area contributed by atoms with Gasteiger partial charge in [0.25, 0.3) is 5.92 Å². The van der Waals surface area contributed by atoms with Crippen molar-refractivity contribution in [2.75, 3.05) is 24.3 Å². The SMILES string of the molecule is CC(C)(C)OC(=O)N1CC(F)(F)C[C@H]1C(=O)O.Cl.N[C@H]1CCC[C@@H](Nc2ncc(Cl)c(-c3cn(-c4ccccc4)c4ccccc34)n2)C1.O=C(N[C@H]1CCC[C@@H](Nc2ncc(Cl)c(-c3cn(-c4ccccc4)c4ccccc34)n2)C1)[C@H]1CCC(F)(F)C1.O=S=O.O=S=O.[2H]CF. The van der Waals surface area contributed by atoms with Crippen LogP contribution in [-0.4, -0.2) is 135 Å². The molecule has 0 unspecified atom stereocenters. The predicted octanol–water partition coefficient (Wildman–Crippen LogP) is 13.8. The number of carbonyl (C=O) groups is 3. The number of carboxylic acid groups (broad SMARTS) is 1. The molecule has 12 rings (SSSR count). The van der Waals surface area contributed by atoms with Crippen molar-refractivity contribution in [2.45, 2.75) is 145 Å². The molecule has 0 radical (unpaired) electrons. The quantitative estimate of drug-likeness (QED) is 0.0753. The molecule has 20 nitrogen and oxygen atoms in total. The van der Waals surface area contributed by atoms with Crippen LogP contribution < -0.4 is 21.7 Å². The number of carbonyl (C=O) groups excluding carboxylic acids is 2. The lowest BCUT2D eigenvalue weighted by molar-refractivity contribution is -0.142. The second kappa shape index (κ2) is 35.2. The normalized spacial score (nSPS) is 20.0. The van der Waals surface area contributed by atoms with Gasteiger partial charge in [0.2, 0.25) is 23.7 Å². The number of amides is 2. The maximum atomic E-state index is 13.6. The van der Waals surface area contributed by atoms with Crippen molar-refractivity contribution in [3.8, 4) is 33.9 Å². The summed E-state index contributed by atoms with van der Waals surface area (Å²) in [7, 11) is -1.00. The number of nitrogens with zero attached hydrogens (tertiary/aromatic N) is 7. The van der Waals surface area contributed by atoms with Gasteiger partial charge in [-0.2, -0.15) is 16.8 Å². The fourth-order valence-corrected chi connectivity index (χ4v) is 12.2. The Balaban J connectivity index is 0.000000226. The van der Waals surface area contributed by atoms with Crippen molar-refractivity contribution in [1.82, 2.24) is 39.3 Å². The molecule has 8 aromatic rings. The van der Waals surface area contributed by atoms with Crippen molar-refractivity contribution < 1.29 is 64.4 Å². The smallest absolute Gasteiger partial charge is 0.411 e. The minimum absolute atomic E-state index is 0. The molecule has 5 heterocycles. The summed E-state index contributed by atoms with van der Waals surface area (Å²) in [5, 5.41) is 21.8. The van der Waals surface area contributed by atoms with Gasteiger partial charge < -0.3 is 40.7 Å². The third kappa shape index (κ3) is 21.0. The molecule has 3 aliphatic carbocycles. The van der Waals surface area contributed by atoms with Gasteiger partial charge >= 0.3 is 35.2 Å². The molecule has 0 bridgehead atoms. The topological polar surface area (TPSA) is 276 Å². The van der Waals surface area contributed by atoms with Crippen molar-refractivity contribution >= 4 is 110 Å². The van der Waals surface area contributed by atoms with E-state index in [1.54, 1.807) is 33.2 Å². The van der Waals surface area contributed by atoms with E-state index >= 15 is 0 Å². The molecular weight excluding hydrogens is 1340 g/mol. The lowest BCUT2D eigenvalue weighted by Crippen LogP contribution is -2.44. The second-order valence-corrected chi connectivity index (χ2v) is 24.8. The Bertz CT molecular complexity index is 3960. The monoisotopic (exact) mass is 1420 g/mol. The van der Waals surface area contributed by atoms with Crippen LogP contribution in [0.25, 0.3) is 55.7 Å². The van der Waals surface area contributed by atoms with E-state index in [-0.39, 0.29) is 55.7 Å². The van der Waals surface area contributed by atoms with Crippen LogP contribution in [0.15, 0.2) is 134 Å². The zero-order valence-corrected chi connectivity index (χ0v) is 55.8. The Morgan fingerprint density at radius 3 is 1.56 bits per heavy atom. The third-order valence-electron chi connectivity index (χ3n) is 15.9. The first-order chi connectivity index (χ1) is 45.3. The zero-order valence-electron chi connectivity index (χ0n) is 52.9. The highest BCUT2D eigenvalue weighted by Gasteiger charge is 2.51. The molecule has 3 saturated carbocycles. The number of carboxylic acids is 1. The highest BCUT2D eigenvalue weighted by Crippen LogP contribution is 2.41. The minimum Gasteiger partial charge on any atom is -0.480 e. The number of nitrogens with two attached hydrogens (primary N) is 1. The van der Waals surface area contributed by atoms with Crippen LogP contribution in [0.4, 0.5) is 38.6 Å². The van der Waals surface area contributed by atoms with E-state index in [1.807, 2.05) is 60.7 Å². The maximum Gasteiger partial charge on any atom is 0.411 e. The molecule has 510 valence electrons. The van der Waals surface area contributed by atoms with Gasteiger partial charge in [-0.25, -0.2) is 47.1 Å². The number of alkyl halides is 5. The van der Waals surface area contributed by atoms with Gasteiger partial charge in [0.1, 0.15) is 11.6 Å². The van der Waals surface area contributed by atoms with E-state index < -0.39 is 84.7 Å². The number of fused-ring (bicyclic) bond motifs is 2. The first kappa shape index (κ1) is 74.4. The summed E-state index contributed by atoms with van der Waals surface area (Å²) in [4.78, 5) is 54.0. The Labute approximate surface area is 570 Å². The van der Waals surface area contributed by atoms with Crippen molar-refractivity contribution in [3.63, 3.8) is 0 Å². The van der Waals surface area contributed by atoms with Crippen molar-refractivity contribution in [2.24, 2.45) is 11.7 Å². The van der Waals surface area contributed by atoms with Gasteiger partial charge in [0.15, 0.2) is 0 Å². The van der Waals surface area contributed by atoms with Gasteiger partial charge in [-0.3, -0.25) is 14.1 Å². The summed E-state index contributed by atoms with van der Waals surface area (Å²) in [6.45, 7) is 3.82. The number of rotatable bonds is 11. The second-order valence-electron chi connectivity index (χ2n) is 23.7. The van der Waals surface area contributed by atoms with E-state index in [4.69, 9.17) is 67.0 Å². The Morgan fingerprint density at radius 2 is 1.12 bits per heavy atom. The number of benzene rings is 4. The third-order valence-corrected chi connectivity index (χ3v) is 16.4. The van der Waals surface area contributed by atoms with Crippen LogP contribution in [0, 0.1) is 5.92 Å². The number of aliphatic carboxylic acids is 1. The van der Waals surface area contributed by atoms with Crippen LogP contribution in [-0.2, 0) is 37.5 Å². The number of anilines is 2. The van der Waals surface area contributed by atoms with Crippen molar-refractivity contribution in [1.29, 1.82) is 0 Å². The van der Waals surface area contributed by atoms with Crippen LogP contribution in [0.1, 0.15) is 99.2 Å². The largest absolute Gasteiger partial charge is 0.480 e. The fraction of sp³-hybridized carbons (Fsp3) is 0.400. The number of ether oxygens (including phenoxy) is 1. The molecule has 4 fully saturated rings. The molecular formula is C65H73Cl3F5N11O9S2. The summed E-state index contributed by atoms with van der Waals surface area (Å²) in [5.41, 5.74) is 12.9. The Kier molecular flexibility index (Phi) is 27.6. The van der Waals surface area contributed by atoms with E-state index in [9.17, 15) is 36.3 Å². The Hall–Kier alpha value is -7.95. The number of nitrogens with one attached hydrogen (secondary N) is 3. The van der Waals surface area contributed by atoms with Crippen LogP contribution in [0.5, 0.6) is 0 Å². The number of halogens is 8. The fourth-order valence-electron chi connectivity index (χ4n) is 11.8. The molecule has 4 aromatic heterocycles. The molecule has 6 atom stereocenters. The van der Waals surface area contributed by atoms with Gasteiger partial charge in [0.05, 0.1) is 59.9 Å². The van der Waals surface area contributed by atoms with E-state index in [0.717, 1.165) is 94.9 Å². The summed E-state index contributed by atoms with van der Waals surface area (Å²) in [5.74, 6) is -7.14. The lowest BCUT2D eigenvalue weighted by Gasteiger charge is -2.31. The molecule has 6 N–H and O–H groups in total. The number of aromatic nitrogens is 6. The zero-order chi connectivity index (χ0) is 69.0. The number of hydrogen-bond acceptors (Lipinski definition) is 15. The van der Waals surface area contributed by atoms with Crippen molar-refractivity contribution in [3.05, 3.63) is 144 Å². The first-order valence-electron chi connectivity index (χ1n) is 30.6. The summed E-state index contributed by atoms with van der Waals surface area (Å²) in [6, 6.07) is 35.9. The lowest BCUT2D eigenvalue weighted by atomic mass is 9.90. The van der Waals surface area contributed by atoms with Crippen LogP contribution in [0.3, 0.4) is 0 Å². The standard InChI is InChI=1S/C30H30ClF2N5O.C24H24ClN5.C10H15F2NO4.CH3F.ClH.2O2S/c31-25-17-34-29(36-21-8-6-7-20(15-21)35-28(39)19-13-14-30(32,33)16-19)37-27(25)24-18-38(22-9-2-1-3-10-22)26-12-5-4-11-23(24)26;25-21-14-27-24(28-17-8-6-7-16(26)13-17)29-23(21)20-15-30(18-9-2-1-3-10-18)22-12-5-4-11-19(20)22;1-9(2,3)17-8(16)13-5-10(11,12)4-6(13)7(14)15;1-2;;2*1-3-2/h1-5,9-12,17-21H,6-8,13-16H2,(H,35,39)(H,34,36,37);1-5,9-12,14-17H,6-8,13,26H2,(H,27,28,29);6H,4-5H2,1-3H3,(H,14,15);1H3;1H;;/t19-,20-,21+;16-,17+;6-;;;;/m000..../s1/i;;;1D;;;. The van der Waals surface area contributed by atoms with E-state index in [2.05, 4.69) is 96.0 Å². The molecule has 4 aliphatic rings. The summed E-state index contributed by atoms with van der Waals surface area (Å²) >= 11 is 11.7. The van der Waals surface area contributed by atoms with Gasteiger partial charge in [-0.1, -0.05) is 96.0 Å². The predicted molar refractivity (Wildman–Crippen MR) is 359 cm³/mol. The van der Waals surface area contributed by atoms with Gasteiger partial charge in [-0.05, 0) is 115 Å². The molecule has 1 aliphatic heterocycles. The Morgan fingerprint density at radius 1 is 0.674 bits per heavy atom. The highest BCUT2D eigenvalue weighted by atomic mass is 35.5. The minimum atomic E-state index is -3.18. The van der Waals surface area contributed by atoms with E-state index in [1.165, 1.54) is 0 Å². The molecule has 2 amide bonds. The van der Waals surface area contributed by atoms with Crippen LogP contribution in [0.2, 0.25) is 10.0 Å². The number of hydrogen-bond donors (Lipinski definition) is 5. The highest BCUT2D eigenvalue weighted by molar-refractivity contribution is 7.52. The molecule has 95 heavy (non-hydrogen) atoms. The number of para-hydroxylation sites is 4. The van der Waals surface area contributed by atoms with Gasteiger partial charge in [-0.15, -0.1) is 12.4 Å². The first-order valence-corrected chi connectivity index (χ1v) is 32.0.